The number of halogens is 1. The van der Waals surface area contributed by atoms with E-state index in [2.05, 4.69) is 5.32 Å². The molecule has 0 bridgehead atoms. The summed E-state index contributed by atoms with van der Waals surface area (Å²) in [5, 5.41) is 13.6. The number of aryl methyl sites for hydroxylation is 1. The summed E-state index contributed by atoms with van der Waals surface area (Å²) >= 11 is 7.12. The second kappa shape index (κ2) is 12.0. The van der Waals surface area contributed by atoms with Gasteiger partial charge in [0, 0.05) is 17.3 Å². The number of methoxy groups -OCH3 is 1. The first-order chi connectivity index (χ1) is 18.7. The van der Waals surface area contributed by atoms with Gasteiger partial charge in [-0.3, -0.25) is 29.4 Å². The molecular formula is C27H22ClN3O7S. The number of anilines is 1. The van der Waals surface area contributed by atoms with Gasteiger partial charge in [-0.05, 0) is 60.2 Å². The summed E-state index contributed by atoms with van der Waals surface area (Å²) < 4.78 is 11.0. The van der Waals surface area contributed by atoms with Crippen LogP contribution in [0.15, 0.2) is 65.6 Å². The van der Waals surface area contributed by atoms with E-state index in [0.29, 0.717) is 23.0 Å². The Morgan fingerprint density at radius 2 is 1.92 bits per heavy atom. The maximum absolute atomic E-state index is 13.0. The molecule has 1 aliphatic rings. The largest absolute Gasteiger partial charge is 0.493 e. The summed E-state index contributed by atoms with van der Waals surface area (Å²) in [4.78, 5) is 49.7. The number of benzene rings is 3. The zero-order valence-electron chi connectivity index (χ0n) is 20.8. The predicted octanol–water partition coefficient (Wildman–Crippen LogP) is 5.82. The zero-order chi connectivity index (χ0) is 28.1. The molecule has 3 amide bonds. The third-order valence-corrected chi connectivity index (χ3v) is 6.78. The Morgan fingerprint density at radius 3 is 2.64 bits per heavy atom. The van der Waals surface area contributed by atoms with E-state index in [1.165, 1.54) is 37.5 Å². The molecule has 1 heterocycles. The number of amides is 3. The van der Waals surface area contributed by atoms with Crippen LogP contribution in [0.3, 0.4) is 0 Å². The molecule has 0 unspecified atom stereocenters. The Morgan fingerprint density at radius 1 is 1.15 bits per heavy atom. The van der Waals surface area contributed by atoms with Crippen molar-refractivity contribution in [1.82, 2.24) is 4.90 Å². The molecule has 0 atom stereocenters. The number of ether oxygens (including phenoxy) is 2. The van der Waals surface area contributed by atoms with Crippen LogP contribution < -0.4 is 14.8 Å². The highest BCUT2D eigenvalue weighted by Crippen LogP contribution is 2.39. The number of imide groups is 1. The molecule has 12 heteroatoms. The van der Waals surface area contributed by atoms with Gasteiger partial charge in [-0.1, -0.05) is 41.9 Å². The van der Waals surface area contributed by atoms with Crippen molar-refractivity contribution in [3.63, 3.8) is 0 Å². The molecule has 1 saturated heterocycles. The first kappa shape index (κ1) is 27.7. The molecule has 3 aromatic carbocycles. The van der Waals surface area contributed by atoms with Crippen molar-refractivity contribution in [2.24, 2.45) is 0 Å². The highest BCUT2D eigenvalue weighted by Gasteiger charge is 2.36. The van der Waals surface area contributed by atoms with Crippen LogP contribution in [0.25, 0.3) is 6.08 Å². The van der Waals surface area contributed by atoms with Crippen LogP contribution in [0, 0.1) is 17.0 Å². The number of hydrogen-bond acceptors (Lipinski definition) is 8. The van der Waals surface area contributed by atoms with Crippen molar-refractivity contribution >= 4 is 57.9 Å². The quantitative estimate of drug-likeness (QED) is 0.195. The van der Waals surface area contributed by atoms with Gasteiger partial charge in [0.15, 0.2) is 18.1 Å². The Bertz CT molecular complexity index is 1510. The standard InChI is InChI=1S/C27H22ClN3O7S/c1-16-6-5-8-19(10-16)29-24(32)15-38-25-20(28)11-17(12-22(25)37-2)13-23-26(33)30(27(34)39-23)14-18-7-3-4-9-21(18)31(35)36/h3-13H,14-15H2,1-2H3,(H,29,32)/b23-13-. The fourth-order valence-corrected chi connectivity index (χ4v) is 4.91. The second-order valence-electron chi connectivity index (χ2n) is 8.39. The number of rotatable bonds is 9. The van der Waals surface area contributed by atoms with Gasteiger partial charge in [0.05, 0.1) is 28.5 Å². The minimum atomic E-state index is -0.591. The monoisotopic (exact) mass is 567 g/mol. The van der Waals surface area contributed by atoms with Gasteiger partial charge in [-0.25, -0.2) is 0 Å². The summed E-state index contributed by atoms with van der Waals surface area (Å²) in [5.74, 6) is -0.627. The SMILES string of the molecule is COc1cc(/C=C2\SC(=O)N(Cc3ccccc3[N+](=O)[O-])C2=O)cc(Cl)c1OCC(=O)Nc1cccc(C)c1. The smallest absolute Gasteiger partial charge is 0.293 e. The minimum absolute atomic E-state index is 0.114. The number of nitrogens with zero attached hydrogens (tertiary/aromatic N) is 2. The molecule has 0 aliphatic carbocycles. The van der Waals surface area contributed by atoms with Crippen LogP contribution in [-0.4, -0.2) is 40.6 Å². The van der Waals surface area contributed by atoms with Gasteiger partial charge in [-0.15, -0.1) is 0 Å². The van der Waals surface area contributed by atoms with Crippen molar-refractivity contribution in [3.8, 4) is 11.5 Å². The Labute approximate surface area is 232 Å². The third-order valence-electron chi connectivity index (χ3n) is 5.59. The van der Waals surface area contributed by atoms with E-state index < -0.39 is 22.0 Å². The van der Waals surface area contributed by atoms with E-state index in [9.17, 15) is 24.5 Å². The Hall–Kier alpha value is -4.35. The molecule has 39 heavy (non-hydrogen) atoms. The molecule has 3 aromatic rings. The van der Waals surface area contributed by atoms with E-state index in [0.717, 1.165) is 10.5 Å². The van der Waals surface area contributed by atoms with E-state index in [1.807, 2.05) is 25.1 Å². The van der Waals surface area contributed by atoms with Gasteiger partial charge < -0.3 is 14.8 Å². The lowest BCUT2D eigenvalue weighted by Crippen LogP contribution is -2.27. The molecule has 200 valence electrons. The molecule has 1 fully saturated rings. The molecular weight excluding hydrogens is 546 g/mol. The molecule has 10 nitrogen and oxygen atoms in total. The number of nitro groups is 1. The van der Waals surface area contributed by atoms with Gasteiger partial charge in [0.2, 0.25) is 0 Å². The summed E-state index contributed by atoms with van der Waals surface area (Å²) in [7, 11) is 1.40. The number of carbonyl (C=O) groups is 3. The number of hydrogen-bond donors (Lipinski definition) is 1. The summed E-state index contributed by atoms with van der Waals surface area (Å²) in [6.07, 6.45) is 1.47. The van der Waals surface area contributed by atoms with Crippen molar-refractivity contribution < 1.29 is 28.8 Å². The van der Waals surface area contributed by atoms with Crippen LogP contribution in [0.5, 0.6) is 11.5 Å². The van der Waals surface area contributed by atoms with Crippen molar-refractivity contribution in [2.45, 2.75) is 13.5 Å². The van der Waals surface area contributed by atoms with Crippen molar-refractivity contribution in [1.29, 1.82) is 0 Å². The Balaban J connectivity index is 1.48. The van der Waals surface area contributed by atoms with E-state index in [-0.39, 0.29) is 45.8 Å². The number of thioether (sulfide) groups is 1. The zero-order valence-corrected chi connectivity index (χ0v) is 22.4. The molecule has 0 aromatic heterocycles. The number of carbonyl (C=O) groups excluding carboxylic acids is 3. The second-order valence-corrected chi connectivity index (χ2v) is 9.79. The lowest BCUT2D eigenvalue weighted by atomic mass is 10.1. The first-order valence-corrected chi connectivity index (χ1v) is 12.7. The van der Waals surface area contributed by atoms with Crippen molar-refractivity contribution in [2.75, 3.05) is 19.0 Å². The maximum Gasteiger partial charge on any atom is 0.293 e. The Kier molecular flexibility index (Phi) is 8.52. The van der Waals surface area contributed by atoms with Crippen LogP contribution in [0.1, 0.15) is 16.7 Å². The van der Waals surface area contributed by atoms with Crippen LogP contribution >= 0.6 is 23.4 Å². The van der Waals surface area contributed by atoms with Crippen LogP contribution in [-0.2, 0) is 16.1 Å². The summed E-state index contributed by atoms with van der Waals surface area (Å²) in [5.41, 5.74) is 2.13. The average molecular weight is 568 g/mol. The number of nitrogens with one attached hydrogen (secondary N) is 1. The highest BCUT2D eigenvalue weighted by molar-refractivity contribution is 8.18. The maximum atomic E-state index is 13.0. The number of nitro benzene ring substituents is 1. The van der Waals surface area contributed by atoms with E-state index in [1.54, 1.807) is 18.2 Å². The number of para-hydroxylation sites is 1. The molecule has 0 radical (unpaired) electrons. The molecule has 0 saturated carbocycles. The fraction of sp³-hybridized carbons (Fsp3) is 0.148. The summed E-state index contributed by atoms with van der Waals surface area (Å²) in [6, 6.07) is 16.3. The highest BCUT2D eigenvalue weighted by atomic mass is 35.5. The predicted molar refractivity (Wildman–Crippen MR) is 148 cm³/mol. The van der Waals surface area contributed by atoms with Crippen LogP contribution in [0.2, 0.25) is 5.02 Å². The lowest BCUT2D eigenvalue weighted by molar-refractivity contribution is -0.385. The van der Waals surface area contributed by atoms with Gasteiger partial charge in [0.1, 0.15) is 0 Å². The molecule has 0 spiro atoms. The van der Waals surface area contributed by atoms with Gasteiger partial charge in [0.25, 0.3) is 22.7 Å². The van der Waals surface area contributed by atoms with Gasteiger partial charge in [-0.2, -0.15) is 0 Å². The minimum Gasteiger partial charge on any atom is -0.493 e. The first-order valence-electron chi connectivity index (χ1n) is 11.5. The topological polar surface area (TPSA) is 128 Å². The van der Waals surface area contributed by atoms with E-state index in [4.69, 9.17) is 21.1 Å². The lowest BCUT2D eigenvalue weighted by Gasteiger charge is -2.14. The van der Waals surface area contributed by atoms with Gasteiger partial charge >= 0.3 is 0 Å². The van der Waals surface area contributed by atoms with Crippen molar-refractivity contribution in [3.05, 3.63) is 97.4 Å². The molecule has 1 N–H and O–H groups in total. The molecule has 4 rings (SSSR count). The third kappa shape index (κ3) is 6.57. The van der Waals surface area contributed by atoms with E-state index >= 15 is 0 Å². The van der Waals surface area contributed by atoms with Crippen LogP contribution in [0.4, 0.5) is 16.2 Å². The fourth-order valence-electron chi connectivity index (χ4n) is 3.80. The average Bonchev–Trinajstić information content (AvgIpc) is 3.15. The molecule has 1 aliphatic heterocycles. The summed E-state index contributed by atoms with van der Waals surface area (Å²) in [6.45, 7) is 1.35. The normalized spacial score (nSPS) is 14.0.